The van der Waals surface area contributed by atoms with Crippen LogP contribution in [0.25, 0.3) is 10.8 Å². The first kappa shape index (κ1) is 20.9. The zero-order valence-electron chi connectivity index (χ0n) is 17.8. The minimum absolute atomic E-state index is 0.0125. The normalized spacial score (nSPS) is 16.2. The Labute approximate surface area is 183 Å². The lowest BCUT2D eigenvalue weighted by Gasteiger charge is -2.32. The second kappa shape index (κ2) is 9.65. The smallest absolute Gasteiger partial charge is 0.227 e. The van der Waals surface area contributed by atoms with Gasteiger partial charge in [0.05, 0.1) is 19.4 Å². The number of ether oxygens (including phenoxy) is 1. The summed E-state index contributed by atoms with van der Waals surface area (Å²) in [5, 5.41) is 5.28. The van der Waals surface area contributed by atoms with Crippen LogP contribution in [-0.4, -0.2) is 36.9 Å². The second-order valence-corrected chi connectivity index (χ2v) is 8.06. The van der Waals surface area contributed by atoms with Gasteiger partial charge < -0.3 is 15.0 Å². The predicted octanol–water partition coefficient (Wildman–Crippen LogP) is 3.95. The number of nitrogens with zero attached hydrogens (tertiary/aromatic N) is 1. The molecule has 1 atom stereocenters. The molecule has 1 fully saturated rings. The number of piperidine rings is 1. The number of hydrogen-bond donors (Lipinski definition) is 1. The van der Waals surface area contributed by atoms with E-state index in [4.69, 9.17) is 4.74 Å². The first-order valence-electron chi connectivity index (χ1n) is 10.8. The molecular weight excluding hydrogens is 388 g/mol. The molecule has 5 nitrogen and oxygen atoms in total. The molecule has 1 saturated heterocycles. The fourth-order valence-corrected chi connectivity index (χ4v) is 4.22. The minimum atomic E-state index is -0.163. The molecule has 1 aliphatic rings. The number of likely N-dealkylation sites (tertiary alicyclic amines) is 1. The van der Waals surface area contributed by atoms with Gasteiger partial charge in [-0.05, 0) is 46.9 Å². The van der Waals surface area contributed by atoms with Crippen LogP contribution in [0.4, 0.5) is 0 Å². The lowest BCUT2D eigenvalue weighted by Crippen LogP contribution is -2.45. The lowest BCUT2D eigenvalue weighted by molar-refractivity contribution is -0.135. The van der Waals surface area contributed by atoms with Crippen molar-refractivity contribution in [1.82, 2.24) is 10.2 Å². The van der Waals surface area contributed by atoms with Gasteiger partial charge in [0.15, 0.2) is 0 Å². The Morgan fingerprint density at radius 2 is 1.81 bits per heavy atom. The van der Waals surface area contributed by atoms with E-state index in [1.807, 2.05) is 53.4 Å². The summed E-state index contributed by atoms with van der Waals surface area (Å²) in [7, 11) is 1.63. The first-order chi connectivity index (χ1) is 15.1. The second-order valence-electron chi connectivity index (χ2n) is 8.06. The van der Waals surface area contributed by atoms with Crippen LogP contribution >= 0.6 is 0 Å². The molecule has 160 valence electrons. The fraction of sp³-hybridized carbons (Fsp3) is 0.308. The highest BCUT2D eigenvalue weighted by Gasteiger charge is 2.28. The Morgan fingerprint density at radius 1 is 1.03 bits per heavy atom. The summed E-state index contributed by atoms with van der Waals surface area (Å²) < 4.78 is 5.17. The summed E-state index contributed by atoms with van der Waals surface area (Å²) in [6, 6.07) is 21.9. The van der Waals surface area contributed by atoms with Gasteiger partial charge in [0, 0.05) is 19.6 Å². The van der Waals surface area contributed by atoms with Crippen LogP contribution in [0.5, 0.6) is 5.75 Å². The highest BCUT2D eigenvalue weighted by atomic mass is 16.5. The van der Waals surface area contributed by atoms with Gasteiger partial charge in [0.25, 0.3) is 0 Å². The highest BCUT2D eigenvalue weighted by Crippen LogP contribution is 2.22. The molecule has 3 aromatic carbocycles. The number of carbonyl (C=O) groups excluding carboxylic acids is 2. The summed E-state index contributed by atoms with van der Waals surface area (Å²) in [5.74, 6) is 0.730. The molecule has 0 unspecified atom stereocenters. The van der Waals surface area contributed by atoms with Crippen LogP contribution < -0.4 is 10.1 Å². The maximum atomic E-state index is 13.0. The molecule has 1 heterocycles. The van der Waals surface area contributed by atoms with Crippen molar-refractivity contribution in [1.29, 1.82) is 0 Å². The zero-order valence-corrected chi connectivity index (χ0v) is 17.8. The standard InChI is InChI=1S/C26H28N2O3/c1-31-23-13-11-19(12-14-23)17-27-26(30)22-9-5-15-28(18-22)25(29)16-21-8-4-7-20-6-2-3-10-24(20)21/h2-4,6-8,10-14,22H,5,9,15-18H2,1H3,(H,27,30)/t22-/m1/s1. The molecule has 0 bridgehead atoms. The maximum Gasteiger partial charge on any atom is 0.227 e. The van der Waals surface area contributed by atoms with Crippen LogP contribution in [0.1, 0.15) is 24.0 Å². The number of benzene rings is 3. The number of amides is 2. The van der Waals surface area contributed by atoms with Crippen LogP contribution in [-0.2, 0) is 22.6 Å². The predicted molar refractivity (Wildman–Crippen MR) is 122 cm³/mol. The monoisotopic (exact) mass is 416 g/mol. The number of nitrogens with one attached hydrogen (secondary N) is 1. The highest BCUT2D eigenvalue weighted by molar-refractivity contribution is 5.90. The fourth-order valence-electron chi connectivity index (χ4n) is 4.22. The molecule has 1 aliphatic heterocycles. The summed E-state index contributed by atoms with van der Waals surface area (Å²) >= 11 is 0. The van der Waals surface area contributed by atoms with E-state index in [2.05, 4.69) is 23.5 Å². The van der Waals surface area contributed by atoms with Gasteiger partial charge in [-0.2, -0.15) is 0 Å². The molecule has 1 N–H and O–H groups in total. The van der Waals surface area contributed by atoms with Gasteiger partial charge in [-0.1, -0.05) is 54.6 Å². The van der Waals surface area contributed by atoms with Gasteiger partial charge in [-0.15, -0.1) is 0 Å². The van der Waals surface area contributed by atoms with E-state index in [-0.39, 0.29) is 17.7 Å². The van der Waals surface area contributed by atoms with Crippen LogP contribution in [0.2, 0.25) is 0 Å². The average molecular weight is 417 g/mol. The summed E-state index contributed by atoms with van der Waals surface area (Å²) in [5.41, 5.74) is 2.06. The van der Waals surface area contributed by atoms with Crippen LogP contribution in [0, 0.1) is 5.92 Å². The number of methoxy groups -OCH3 is 1. The van der Waals surface area contributed by atoms with Crippen molar-refractivity contribution < 1.29 is 14.3 Å². The van der Waals surface area contributed by atoms with E-state index >= 15 is 0 Å². The molecule has 0 saturated carbocycles. The Hall–Kier alpha value is -3.34. The third kappa shape index (κ3) is 5.05. The average Bonchev–Trinajstić information content (AvgIpc) is 2.83. The van der Waals surface area contributed by atoms with Gasteiger partial charge >= 0.3 is 0 Å². The summed E-state index contributed by atoms with van der Waals surface area (Å²) in [6.07, 6.45) is 2.02. The van der Waals surface area contributed by atoms with Crippen molar-refractivity contribution in [3.8, 4) is 5.75 Å². The van der Waals surface area contributed by atoms with E-state index in [1.54, 1.807) is 7.11 Å². The van der Waals surface area contributed by atoms with Crippen molar-refractivity contribution in [2.45, 2.75) is 25.8 Å². The van der Waals surface area contributed by atoms with Gasteiger partial charge in [0.2, 0.25) is 11.8 Å². The van der Waals surface area contributed by atoms with Crippen molar-refractivity contribution in [2.24, 2.45) is 5.92 Å². The number of fused-ring (bicyclic) bond motifs is 1. The minimum Gasteiger partial charge on any atom is -0.497 e. The molecule has 0 spiro atoms. The van der Waals surface area contributed by atoms with E-state index in [1.165, 1.54) is 0 Å². The van der Waals surface area contributed by atoms with E-state index in [0.29, 0.717) is 26.1 Å². The van der Waals surface area contributed by atoms with Crippen LogP contribution in [0.15, 0.2) is 66.7 Å². The number of carbonyl (C=O) groups is 2. The Morgan fingerprint density at radius 3 is 2.61 bits per heavy atom. The summed E-state index contributed by atoms with van der Waals surface area (Å²) in [6.45, 7) is 1.67. The molecule has 0 radical (unpaired) electrons. The lowest BCUT2D eigenvalue weighted by atomic mass is 9.95. The molecule has 5 heteroatoms. The Balaban J connectivity index is 1.34. The van der Waals surface area contributed by atoms with Crippen molar-refractivity contribution in [3.05, 3.63) is 77.9 Å². The Kier molecular flexibility index (Phi) is 6.51. The molecule has 4 rings (SSSR count). The zero-order chi connectivity index (χ0) is 21.6. The van der Waals surface area contributed by atoms with Gasteiger partial charge in [-0.25, -0.2) is 0 Å². The molecule has 2 amide bonds. The topological polar surface area (TPSA) is 58.6 Å². The van der Waals surface area contributed by atoms with E-state index < -0.39 is 0 Å². The third-order valence-electron chi connectivity index (χ3n) is 5.99. The van der Waals surface area contributed by atoms with Crippen molar-refractivity contribution >= 4 is 22.6 Å². The number of rotatable bonds is 6. The van der Waals surface area contributed by atoms with E-state index in [0.717, 1.165) is 40.5 Å². The molecule has 0 aliphatic carbocycles. The maximum absolute atomic E-state index is 13.0. The van der Waals surface area contributed by atoms with Crippen LogP contribution in [0.3, 0.4) is 0 Å². The molecule has 31 heavy (non-hydrogen) atoms. The first-order valence-corrected chi connectivity index (χ1v) is 10.8. The van der Waals surface area contributed by atoms with E-state index in [9.17, 15) is 9.59 Å². The number of hydrogen-bond acceptors (Lipinski definition) is 3. The Bertz CT molecular complexity index is 1060. The van der Waals surface area contributed by atoms with Crippen molar-refractivity contribution in [2.75, 3.05) is 20.2 Å². The molecule has 3 aromatic rings. The molecular formula is C26H28N2O3. The van der Waals surface area contributed by atoms with Gasteiger partial charge in [0.1, 0.15) is 5.75 Å². The largest absolute Gasteiger partial charge is 0.497 e. The third-order valence-corrected chi connectivity index (χ3v) is 5.99. The molecule has 0 aromatic heterocycles. The SMILES string of the molecule is COc1ccc(CNC(=O)[C@@H]2CCCN(C(=O)Cc3cccc4ccccc34)C2)cc1. The van der Waals surface area contributed by atoms with Gasteiger partial charge in [-0.3, -0.25) is 9.59 Å². The quantitative estimate of drug-likeness (QED) is 0.662. The summed E-state index contributed by atoms with van der Waals surface area (Å²) in [4.78, 5) is 27.6. The van der Waals surface area contributed by atoms with Crippen molar-refractivity contribution in [3.63, 3.8) is 0 Å².